The second-order valence-electron chi connectivity index (χ2n) is 7.24. The monoisotopic (exact) mass is 473 g/mol. The highest BCUT2D eigenvalue weighted by molar-refractivity contribution is 7.89. The van der Waals surface area contributed by atoms with Crippen LogP contribution in [0.25, 0.3) is 16.8 Å². The van der Waals surface area contributed by atoms with Gasteiger partial charge in [-0.15, -0.1) is 0 Å². The topological polar surface area (TPSA) is 79.9 Å². The fourth-order valence-electron chi connectivity index (χ4n) is 3.25. The number of benzene rings is 1. The van der Waals surface area contributed by atoms with E-state index in [-0.39, 0.29) is 0 Å². The average molecular weight is 473 g/mol. The molecule has 0 bridgehead atoms. The van der Waals surface area contributed by atoms with Crippen LogP contribution in [0.3, 0.4) is 0 Å². The van der Waals surface area contributed by atoms with Crippen LogP contribution in [0.2, 0.25) is 0 Å². The summed E-state index contributed by atoms with van der Waals surface area (Å²) in [7, 11) is -3.14. The highest BCUT2D eigenvalue weighted by Crippen LogP contribution is 2.31. The summed E-state index contributed by atoms with van der Waals surface area (Å²) < 4.78 is 66.8. The molecule has 1 aromatic carbocycles. The molecule has 7 nitrogen and oxygen atoms in total. The number of aromatic nitrogens is 3. The van der Waals surface area contributed by atoms with E-state index >= 15 is 0 Å². The van der Waals surface area contributed by atoms with Gasteiger partial charge in [0.1, 0.15) is 5.65 Å². The molecule has 0 amide bonds. The number of pyridine rings is 2. The average Bonchev–Trinajstić information content (AvgIpc) is 3.21. The Balaban J connectivity index is 1.68. The van der Waals surface area contributed by atoms with E-state index in [0.29, 0.717) is 21.8 Å². The fourth-order valence-corrected chi connectivity index (χ4v) is 4.25. The summed E-state index contributed by atoms with van der Waals surface area (Å²) in [5.41, 5.74) is 2.76. The van der Waals surface area contributed by atoms with Gasteiger partial charge in [0.2, 0.25) is 0 Å². The molecule has 11 heteroatoms. The second kappa shape index (κ2) is 8.32. The number of hydrogen-bond donors (Lipinski definition) is 0. The summed E-state index contributed by atoms with van der Waals surface area (Å²) in [5, 5.41) is 3.95. The molecule has 0 aliphatic heterocycles. The molecule has 0 spiro atoms. The van der Waals surface area contributed by atoms with Gasteiger partial charge in [-0.3, -0.25) is 9.38 Å². The number of rotatable bonds is 5. The van der Waals surface area contributed by atoms with Gasteiger partial charge in [-0.1, -0.05) is 12.1 Å². The molecule has 170 valence electrons. The van der Waals surface area contributed by atoms with Crippen molar-refractivity contribution >= 4 is 21.9 Å². The summed E-state index contributed by atoms with van der Waals surface area (Å²) in [6, 6.07) is 9.22. The largest absolute Gasteiger partial charge is 0.416 e. The second-order valence-corrected chi connectivity index (χ2v) is 9.19. The zero-order valence-corrected chi connectivity index (χ0v) is 18.3. The van der Waals surface area contributed by atoms with Crippen molar-refractivity contribution in [3.8, 4) is 11.1 Å². The third-order valence-electron chi connectivity index (χ3n) is 4.97. The highest BCUT2D eigenvalue weighted by atomic mass is 32.2. The lowest BCUT2D eigenvalue weighted by molar-refractivity contribution is -0.137. The van der Waals surface area contributed by atoms with E-state index < -0.39 is 26.7 Å². The van der Waals surface area contributed by atoms with E-state index in [9.17, 15) is 21.6 Å². The maximum Gasteiger partial charge on any atom is 0.416 e. The molecule has 3 heterocycles. The zero-order chi connectivity index (χ0) is 23.8. The van der Waals surface area contributed by atoms with E-state index in [1.807, 2.05) is 31.3 Å². The van der Waals surface area contributed by atoms with Crippen LogP contribution < -0.4 is 0 Å². The van der Waals surface area contributed by atoms with Crippen molar-refractivity contribution in [2.75, 3.05) is 7.05 Å². The normalized spacial score (nSPS) is 12.5. The van der Waals surface area contributed by atoms with Gasteiger partial charge in [0.15, 0.2) is 0 Å². The van der Waals surface area contributed by atoms with Crippen LogP contribution in [0.1, 0.15) is 16.8 Å². The molecule has 0 radical (unpaired) electrons. The molecule has 0 fully saturated rings. The van der Waals surface area contributed by atoms with Crippen LogP contribution in [-0.2, 0) is 16.2 Å². The molecule has 0 atom stereocenters. The Morgan fingerprint density at radius 3 is 2.58 bits per heavy atom. The molecule has 0 aliphatic carbocycles. The lowest BCUT2D eigenvalue weighted by atomic mass is 10.1. The van der Waals surface area contributed by atoms with Crippen molar-refractivity contribution in [2.24, 2.45) is 5.10 Å². The molecule has 0 N–H and O–H groups in total. The lowest BCUT2D eigenvalue weighted by Crippen LogP contribution is -2.22. The SMILES string of the molecule is Cc1cc(-c2cccnc2)cn2c(C=NN(C)S(=O)(=O)c3cccc(C(F)(F)F)c3)cnc12. The summed E-state index contributed by atoms with van der Waals surface area (Å²) in [6.45, 7) is 1.90. The van der Waals surface area contributed by atoms with Gasteiger partial charge >= 0.3 is 6.18 Å². The Hall–Kier alpha value is -3.73. The predicted octanol–water partition coefficient (Wildman–Crippen LogP) is 4.38. The van der Waals surface area contributed by atoms with Crippen molar-refractivity contribution in [3.05, 3.63) is 84.1 Å². The molecule has 0 saturated carbocycles. The quantitative estimate of drug-likeness (QED) is 0.318. The molecule has 4 aromatic rings. The minimum absolute atomic E-state index is 0.491. The van der Waals surface area contributed by atoms with Crippen molar-refractivity contribution in [2.45, 2.75) is 18.0 Å². The minimum atomic E-state index is -4.66. The number of nitrogens with zero attached hydrogens (tertiary/aromatic N) is 5. The number of alkyl halides is 3. The lowest BCUT2D eigenvalue weighted by Gasteiger charge is -2.15. The molecular formula is C22H18F3N5O2S. The number of halogens is 3. The molecule has 0 unspecified atom stereocenters. The van der Waals surface area contributed by atoms with Gasteiger partial charge < -0.3 is 0 Å². The van der Waals surface area contributed by atoms with Gasteiger partial charge in [0.05, 0.1) is 28.6 Å². The van der Waals surface area contributed by atoms with Gasteiger partial charge in [0.25, 0.3) is 10.0 Å². The first-order chi connectivity index (χ1) is 15.6. The first-order valence-electron chi connectivity index (χ1n) is 9.65. The Morgan fingerprint density at radius 1 is 1.09 bits per heavy atom. The van der Waals surface area contributed by atoms with Crippen molar-refractivity contribution in [1.29, 1.82) is 0 Å². The zero-order valence-electron chi connectivity index (χ0n) is 17.5. The van der Waals surface area contributed by atoms with Crippen LogP contribution in [0.15, 0.2) is 77.2 Å². The maximum absolute atomic E-state index is 13.0. The van der Waals surface area contributed by atoms with Crippen LogP contribution in [0, 0.1) is 6.92 Å². The van der Waals surface area contributed by atoms with E-state index in [2.05, 4.69) is 15.1 Å². The molecule has 4 rings (SSSR count). The Kier molecular flexibility index (Phi) is 5.66. The van der Waals surface area contributed by atoms with Crippen molar-refractivity contribution in [3.63, 3.8) is 0 Å². The first-order valence-corrected chi connectivity index (χ1v) is 11.1. The third-order valence-corrected chi connectivity index (χ3v) is 6.61. The number of fused-ring (bicyclic) bond motifs is 1. The number of hydrazone groups is 1. The number of hydrogen-bond acceptors (Lipinski definition) is 5. The molecular weight excluding hydrogens is 455 g/mol. The van der Waals surface area contributed by atoms with Crippen molar-refractivity contribution in [1.82, 2.24) is 18.8 Å². The van der Waals surface area contributed by atoms with Gasteiger partial charge in [-0.2, -0.15) is 31.1 Å². The maximum atomic E-state index is 13.0. The number of imidazole rings is 1. The van der Waals surface area contributed by atoms with Gasteiger partial charge in [-0.25, -0.2) is 4.98 Å². The summed E-state index contributed by atoms with van der Waals surface area (Å²) in [4.78, 5) is 7.97. The van der Waals surface area contributed by atoms with Gasteiger partial charge in [0, 0.05) is 36.8 Å². The molecule has 0 saturated heterocycles. The van der Waals surface area contributed by atoms with E-state index in [0.717, 1.165) is 41.9 Å². The van der Waals surface area contributed by atoms with E-state index in [1.165, 1.54) is 12.4 Å². The van der Waals surface area contributed by atoms with E-state index in [1.54, 1.807) is 16.8 Å². The van der Waals surface area contributed by atoms with Crippen LogP contribution in [-0.4, -0.2) is 40.5 Å². The highest BCUT2D eigenvalue weighted by Gasteiger charge is 2.32. The fraction of sp³-hybridized carbons (Fsp3) is 0.136. The molecule has 0 aliphatic rings. The predicted molar refractivity (Wildman–Crippen MR) is 117 cm³/mol. The first kappa shape index (κ1) is 22.5. The minimum Gasteiger partial charge on any atom is -0.298 e. The van der Waals surface area contributed by atoms with Crippen LogP contribution in [0.5, 0.6) is 0 Å². The summed E-state index contributed by atoms with van der Waals surface area (Å²) in [6.07, 6.45) is 3.38. The summed E-state index contributed by atoms with van der Waals surface area (Å²) in [5.74, 6) is 0. The molecule has 3 aromatic heterocycles. The number of aryl methyl sites for hydroxylation is 1. The van der Waals surface area contributed by atoms with E-state index in [4.69, 9.17) is 0 Å². The van der Waals surface area contributed by atoms with Crippen molar-refractivity contribution < 1.29 is 21.6 Å². The Bertz CT molecular complexity index is 1450. The third kappa shape index (κ3) is 4.44. The molecule has 33 heavy (non-hydrogen) atoms. The van der Waals surface area contributed by atoms with Crippen LogP contribution >= 0.6 is 0 Å². The summed E-state index contributed by atoms with van der Waals surface area (Å²) >= 11 is 0. The standard InChI is InChI=1S/C22H18F3N5O2S/c1-15-9-17(16-5-4-8-26-11-16)14-30-19(12-27-21(15)30)13-28-29(2)33(31,32)20-7-3-6-18(10-20)22(23,24)25/h3-14H,1-2H3. The van der Waals surface area contributed by atoms with Gasteiger partial charge in [-0.05, 0) is 42.8 Å². The Morgan fingerprint density at radius 2 is 1.88 bits per heavy atom. The number of sulfonamides is 1. The Labute approximate surface area is 187 Å². The van der Waals surface area contributed by atoms with Crippen LogP contribution in [0.4, 0.5) is 13.2 Å². The smallest absolute Gasteiger partial charge is 0.298 e.